The van der Waals surface area contributed by atoms with E-state index in [9.17, 15) is 24.6 Å². The van der Waals surface area contributed by atoms with Gasteiger partial charge in [0.05, 0.1) is 40.2 Å². The molecule has 3 aliphatic heterocycles. The van der Waals surface area contributed by atoms with Gasteiger partial charge < -0.3 is 46.0 Å². The first kappa shape index (κ1) is 50.1. The molecule has 0 spiro atoms. The Morgan fingerprint density at radius 3 is 2.30 bits per heavy atom. The fourth-order valence-corrected chi connectivity index (χ4v) is 11.0. The van der Waals surface area contributed by atoms with E-state index in [1.807, 2.05) is 81.7 Å². The van der Waals surface area contributed by atoms with Gasteiger partial charge in [0.25, 0.3) is 0 Å². The number of nitrogens with one attached hydrogen (secondary N) is 2. The number of hydrogen-bond acceptors (Lipinski definition) is 13. The maximum absolute atomic E-state index is 14.0. The van der Waals surface area contributed by atoms with Gasteiger partial charge in [0.1, 0.15) is 23.6 Å². The molecule has 5 heterocycles. The van der Waals surface area contributed by atoms with Crippen LogP contribution in [0.5, 0.6) is 11.5 Å². The third-order valence-corrected chi connectivity index (χ3v) is 14.9. The van der Waals surface area contributed by atoms with Gasteiger partial charge in [-0.15, -0.1) is 21.5 Å². The number of para-hydroxylation sites is 1. The molecule has 0 aliphatic carbocycles. The Hall–Kier alpha value is -6.26. The highest BCUT2D eigenvalue weighted by Gasteiger charge is 2.45. The van der Waals surface area contributed by atoms with Gasteiger partial charge in [-0.2, -0.15) is 0 Å². The molecule has 5 atom stereocenters. The molecule has 3 amide bonds. The summed E-state index contributed by atoms with van der Waals surface area (Å²) in [4.78, 5) is 52.5. The van der Waals surface area contributed by atoms with E-state index in [4.69, 9.17) is 10.5 Å². The highest BCUT2D eigenvalue weighted by Crippen LogP contribution is 2.40. The van der Waals surface area contributed by atoms with E-state index in [0.29, 0.717) is 42.2 Å². The van der Waals surface area contributed by atoms with Crippen molar-refractivity contribution in [1.82, 2.24) is 30.7 Å². The lowest BCUT2D eigenvalue weighted by molar-refractivity contribution is -0.144. The predicted octanol–water partition coefficient (Wildman–Crippen LogP) is 8.03. The topological polar surface area (TPSA) is 199 Å². The highest BCUT2D eigenvalue weighted by atomic mass is 32.1. The van der Waals surface area contributed by atoms with Crippen LogP contribution >= 0.6 is 11.3 Å². The number of aryl methyl sites for hydroxylation is 1. The lowest BCUT2D eigenvalue weighted by atomic mass is 9.85. The number of thiazole rings is 1. The second kappa shape index (κ2) is 22.7. The number of rotatable bonds is 20. The lowest BCUT2D eigenvalue weighted by Crippen LogP contribution is -2.57. The number of carbonyl (C=O) groups is 3. The number of aromatic hydroxyl groups is 1. The number of aliphatic hydroxyl groups is 1. The van der Waals surface area contributed by atoms with E-state index in [-0.39, 0.29) is 43.0 Å². The number of β-amino-alcohol motifs (C(OH)–C–C–N with tert-alkyl or cyclic N) is 1. The van der Waals surface area contributed by atoms with Crippen LogP contribution in [0.3, 0.4) is 0 Å². The van der Waals surface area contributed by atoms with E-state index < -0.39 is 23.6 Å². The number of nitrogen functional groups attached to an aromatic ring is 1. The number of hydrogen-bond donors (Lipinski definition) is 5. The molecule has 2 bridgehead atoms. The normalized spacial score (nSPS) is 19.3. The molecule has 8 rings (SSSR count). The van der Waals surface area contributed by atoms with Crippen LogP contribution in [0.15, 0.2) is 84.4 Å². The minimum absolute atomic E-state index is 0.0379. The molecule has 2 aromatic heterocycles. The van der Waals surface area contributed by atoms with Gasteiger partial charge in [-0.25, -0.2) is 4.98 Å². The van der Waals surface area contributed by atoms with Crippen LogP contribution in [0.2, 0.25) is 0 Å². The number of likely N-dealkylation sites (tertiary alicyclic amines) is 1. The molecular formula is C54H69N9O6S. The van der Waals surface area contributed by atoms with Gasteiger partial charge in [0, 0.05) is 68.4 Å². The third-order valence-electron chi connectivity index (χ3n) is 13.9. The molecule has 3 fully saturated rings. The standard InChI is InChI=1S/C54H69N9O6S/c1-35-49(70-34-57-35)37-22-20-36(21-23-37)30-56-52(67)46-28-41(64)33-62(46)53(68)50(54(2,3)4)58-48(66)19-10-8-6-5-7-9-13-26-69-42-16-14-15-38(27-42)63-39-24-25-40(63)32-61(31-39)45-29-44(59-60-51(45)55)43-17-11-12-18-47(43)65/h11-12,14-18,20-23,27,29,34,39-41,46,50,64-65H,5-10,13,19,24-26,28,30-33H2,1-4H3,(H2,55,60)(H,56,67)(H,58,66)/t39?,40?,41-,46+,50?/m1/s1. The van der Waals surface area contributed by atoms with Crippen LogP contribution in [0, 0.1) is 12.3 Å². The Bertz CT molecular complexity index is 2570. The second-order valence-corrected chi connectivity index (χ2v) is 21.1. The van der Waals surface area contributed by atoms with Crippen LogP contribution < -0.4 is 30.9 Å². The van der Waals surface area contributed by atoms with Crippen LogP contribution in [0.25, 0.3) is 21.7 Å². The molecule has 16 heteroatoms. The quantitative estimate of drug-likeness (QED) is 0.0472. The summed E-state index contributed by atoms with van der Waals surface area (Å²) in [6.07, 6.45) is 8.65. The zero-order chi connectivity index (χ0) is 49.4. The zero-order valence-corrected chi connectivity index (χ0v) is 41.8. The molecule has 5 aromatic rings. The minimum atomic E-state index is -0.844. The van der Waals surface area contributed by atoms with Crippen molar-refractivity contribution >= 4 is 46.3 Å². The third kappa shape index (κ3) is 12.2. The summed E-state index contributed by atoms with van der Waals surface area (Å²) in [6, 6.07) is 24.4. The number of amides is 3. The fourth-order valence-electron chi connectivity index (χ4n) is 10.2. The summed E-state index contributed by atoms with van der Waals surface area (Å²) in [7, 11) is 0. The molecule has 372 valence electrons. The number of unbranched alkanes of at least 4 members (excludes halogenated alkanes) is 6. The number of aliphatic hydroxyl groups excluding tert-OH is 1. The summed E-state index contributed by atoms with van der Waals surface area (Å²) in [5.41, 5.74) is 13.8. The summed E-state index contributed by atoms with van der Waals surface area (Å²) in [5.74, 6) is 0.563. The van der Waals surface area contributed by atoms with Gasteiger partial charge in [-0.3, -0.25) is 14.4 Å². The van der Waals surface area contributed by atoms with Crippen LogP contribution in [-0.4, -0.2) is 105 Å². The van der Waals surface area contributed by atoms with E-state index in [1.165, 1.54) is 10.6 Å². The number of nitrogens with two attached hydrogens (primary N) is 1. The van der Waals surface area contributed by atoms with Gasteiger partial charge >= 0.3 is 0 Å². The molecule has 3 aromatic carbocycles. The van der Waals surface area contributed by atoms with E-state index >= 15 is 0 Å². The maximum atomic E-state index is 14.0. The second-order valence-electron chi connectivity index (χ2n) is 20.2. The van der Waals surface area contributed by atoms with Gasteiger partial charge in [-0.05, 0) is 79.5 Å². The fraction of sp³-hybridized carbons (Fsp3) is 0.481. The number of ether oxygens (including phenoxy) is 1. The number of aromatic nitrogens is 3. The van der Waals surface area contributed by atoms with Crippen molar-refractivity contribution < 1.29 is 29.3 Å². The largest absolute Gasteiger partial charge is 0.507 e. The number of anilines is 3. The Labute approximate surface area is 415 Å². The molecule has 15 nitrogen and oxygen atoms in total. The number of piperazine rings is 1. The van der Waals surface area contributed by atoms with Gasteiger partial charge in [0.15, 0.2) is 5.82 Å². The Kier molecular flexibility index (Phi) is 16.2. The first-order valence-corrected chi connectivity index (χ1v) is 25.8. The van der Waals surface area contributed by atoms with Crippen LogP contribution in [-0.2, 0) is 20.9 Å². The van der Waals surface area contributed by atoms with Crippen molar-refractivity contribution in [3.63, 3.8) is 0 Å². The Balaban J connectivity index is 0.718. The molecule has 3 aliphatic rings. The monoisotopic (exact) mass is 972 g/mol. The van der Waals surface area contributed by atoms with Gasteiger partial charge in [-0.1, -0.05) is 95.3 Å². The predicted molar refractivity (Wildman–Crippen MR) is 276 cm³/mol. The van der Waals surface area contributed by atoms with Crippen LogP contribution in [0.1, 0.15) is 103 Å². The molecule has 0 saturated carbocycles. The SMILES string of the molecule is Cc1ncsc1-c1ccc(CNC(=O)[C@@H]2C[C@@H](O)CN2C(=O)C(NC(=O)CCCCCCCCCOc2cccc(N3C4CCC3CN(c3cc(-c5ccccc5O)nnc3N)C4)c2)C(C)(C)C)cc1. The molecule has 3 saturated heterocycles. The minimum Gasteiger partial charge on any atom is -0.507 e. The Morgan fingerprint density at radius 2 is 1.60 bits per heavy atom. The van der Waals surface area contributed by atoms with Crippen molar-refractivity contribution in [2.24, 2.45) is 5.41 Å². The van der Waals surface area contributed by atoms with E-state index in [0.717, 1.165) is 104 Å². The van der Waals surface area contributed by atoms with Gasteiger partial charge in [0.2, 0.25) is 17.7 Å². The summed E-state index contributed by atoms with van der Waals surface area (Å²) in [6.45, 7) is 10.3. The molecule has 6 N–H and O–H groups in total. The van der Waals surface area contributed by atoms with Crippen molar-refractivity contribution in [3.05, 3.63) is 95.6 Å². The molecular weight excluding hydrogens is 903 g/mol. The summed E-state index contributed by atoms with van der Waals surface area (Å²) in [5, 5.41) is 35.5. The van der Waals surface area contributed by atoms with Crippen molar-refractivity contribution in [2.45, 2.75) is 135 Å². The number of carbonyl (C=O) groups excluding carboxylic acids is 3. The average Bonchev–Trinajstić information content (AvgIpc) is 4.04. The first-order chi connectivity index (χ1) is 33.7. The molecule has 0 radical (unpaired) electrons. The zero-order valence-electron chi connectivity index (χ0n) is 41.0. The number of phenols is 1. The number of nitrogens with zero attached hydrogens (tertiary/aromatic N) is 6. The maximum Gasteiger partial charge on any atom is 0.246 e. The lowest BCUT2D eigenvalue weighted by Gasteiger charge is -2.43. The van der Waals surface area contributed by atoms with Crippen molar-refractivity contribution in [2.75, 3.05) is 41.8 Å². The number of phenolic OH excluding ortho intramolecular Hbond substituents is 1. The smallest absolute Gasteiger partial charge is 0.246 e. The molecule has 3 unspecified atom stereocenters. The number of fused-ring (bicyclic) bond motifs is 2. The first-order valence-electron chi connectivity index (χ1n) is 25.0. The summed E-state index contributed by atoms with van der Waals surface area (Å²) >= 11 is 1.59. The van der Waals surface area contributed by atoms with Crippen molar-refractivity contribution in [3.8, 4) is 33.2 Å². The van der Waals surface area contributed by atoms with Crippen LogP contribution in [0.4, 0.5) is 17.2 Å². The number of benzene rings is 3. The Morgan fingerprint density at radius 1 is 0.886 bits per heavy atom. The van der Waals surface area contributed by atoms with Crippen molar-refractivity contribution in [1.29, 1.82) is 0 Å². The van der Waals surface area contributed by atoms with E-state index in [2.05, 4.69) is 53.8 Å². The summed E-state index contributed by atoms with van der Waals surface area (Å²) < 4.78 is 6.25. The van der Waals surface area contributed by atoms with E-state index in [1.54, 1.807) is 23.5 Å². The molecule has 70 heavy (non-hydrogen) atoms. The average molecular weight is 972 g/mol. The highest BCUT2D eigenvalue weighted by molar-refractivity contribution is 7.13.